The molecule has 1 aromatic rings. The Balaban J connectivity index is 3.15. The molecule has 0 aliphatic carbocycles. The van der Waals surface area contributed by atoms with E-state index in [1.807, 2.05) is 0 Å². The zero-order chi connectivity index (χ0) is 27.2. The molecule has 35 heavy (non-hydrogen) atoms. The van der Waals surface area contributed by atoms with Gasteiger partial charge in [0.2, 0.25) is 0 Å². The molecule has 1 aromatic carbocycles. The monoisotopic (exact) mass is 508 g/mol. The average Bonchev–Trinajstić information content (AvgIpc) is 2.76. The lowest BCUT2D eigenvalue weighted by molar-refractivity contribution is -0.156. The smallest absolute Gasteiger partial charge is 0.311 e. The SMILES string of the molecule is COc1cc(CO[Si](C)(C)C(C)(C)C)c(C(=O)/C=C/C(=O)[C@H](O)COC(=O)C(C)(C)C)c(OC)c1. The molecule has 0 aliphatic rings. The summed E-state index contributed by atoms with van der Waals surface area (Å²) < 4.78 is 22.1. The van der Waals surface area contributed by atoms with Crippen LogP contribution in [0.1, 0.15) is 57.5 Å². The molecule has 0 aromatic heterocycles. The molecule has 9 heteroatoms. The van der Waals surface area contributed by atoms with Crippen LogP contribution in [0.2, 0.25) is 18.1 Å². The minimum absolute atomic E-state index is 0.0287. The molecule has 0 fully saturated rings. The Hall–Kier alpha value is -2.49. The van der Waals surface area contributed by atoms with Gasteiger partial charge in [-0.1, -0.05) is 20.8 Å². The van der Waals surface area contributed by atoms with Crippen LogP contribution in [0.25, 0.3) is 0 Å². The highest BCUT2D eigenvalue weighted by Gasteiger charge is 2.37. The van der Waals surface area contributed by atoms with Gasteiger partial charge in [-0.25, -0.2) is 0 Å². The van der Waals surface area contributed by atoms with Gasteiger partial charge in [0.05, 0.1) is 31.8 Å². The third-order valence-electron chi connectivity index (χ3n) is 5.97. The fourth-order valence-corrected chi connectivity index (χ4v) is 3.55. The summed E-state index contributed by atoms with van der Waals surface area (Å²) in [6, 6.07) is 3.29. The first-order valence-corrected chi connectivity index (χ1v) is 14.4. The summed E-state index contributed by atoms with van der Waals surface area (Å²) in [5, 5.41) is 10.0. The fourth-order valence-electron chi connectivity index (χ4n) is 2.60. The van der Waals surface area contributed by atoms with Crippen LogP contribution in [-0.4, -0.2) is 57.9 Å². The second-order valence-electron chi connectivity index (χ2n) is 10.9. The summed E-state index contributed by atoms with van der Waals surface area (Å²) in [7, 11) is 0.828. The number of allylic oxidation sites excluding steroid dienone is 1. The second-order valence-corrected chi connectivity index (χ2v) is 15.7. The summed E-state index contributed by atoms with van der Waals surface area (Å²) in [5.41, 5.74) is 0.0417. The van der Waals surface area contributed by atoms with Crippen molar-refractivity contribution in [1.29, 1.82) is 0 Å². The molecule has 0 heterocycles. The van der Waals surface area contributed by atoms with E-state index >= 15 is 0 Å². The average molecular weight is 509 g/mol. The molecule has 0 saturated heterocycles. The number of esters is 1. The van der Waals surface area contributed by atoms with Gasteiger partial charge in [0.15, 0.2) is 26.0 Å². The van der Waals surface area contributed by atoms with Gasteiger partial charge in [-0.05, 0) is 62.7 Å². The van der Waals surface area contributed by atoms with E-state index in [9.17, 15) is 19.5 Å². The number of benzene rings is 1. The number of ether oxygens (including phenoxy) is 3. The van der Waals surface area contributed by atoms with Crippen molar-refractivity contribution in [3.05, 3.63) is 35.4 Å². The fraction of sp³-hybridized carbons (Fsp3) is 0.577. The molecule has 0 unspecified atom stereocenters. The van der Waals surface area contributed by atoms with E-state index in [4.69, 9.17) is 18.6 Å². The van der Waals surface area contributed by atoms with Gasteiger partial charge in [-0.15, -0.1) is 0 Å². The first kappa shape index (κ1) is 30.5. The number of methoxy groups -OCH3 is 2. The first-order valence-electron chi connectivity index (χ1n) is 11.4. The van der Waals surface area contributed by atoms with E-state index < -0.39 is 44.0 Å². The zero-order valence-corrected chi connectivity index (χ0v) is 23.6. The van der Waals surface area contributed by atoms with Crippen LogP contribution in [0, 0.1) is 5.41 Å². The van der Waals surface area contributed by atoms with Crippen LogP contribution in [0.4, 0.5) is 0 Å². The molecule has 196 valence electrons. The highest BCUT2D eigenvalue weighted by Crippen LogP contribution is 2.38. The topological polar surface area (TPSA) is 108 Å². The highest BCUT2D eigenvalue weighted by molar-refractivity contribution is 6.74. The molecule has 0 saturated carbocycles. The van der Waals surface area contributed by atoms with Crippen molar-refractivity contribution in [2.45, 2.75) is 72.4 Å². The summed E-state index contributed by atoms with van der Waals surface area (Å²) in [4.78, 5) is 37.3. The Kier molecular flexibility index (Phi) is 10.4. The molecule has 1 N–H and O–H groups in total. The van der Waals surface area contributed by atoms with Crippen LogP contribution in [0.5, 0.6) is 11.5 Å². The Bertz CT molecular complexity index is 951. The lowest BCUT2D eigenvalue weighted by Crippen LogP contribution is -2.40. The van der Waals surface area contributed by atoms with Crippen molar-refractivity contribution < 1.29 is 38.1 Å². The minimum Gasteiger partial charge on any atom is -0.497 e. The standard InChI is InChI=1S/C26H40O8Si/c1-25(2,3)24(30)33-16-21(29)19(27)11-12-20(28)23-17(13-18(31-7)14-22(23)32-8)15-34-35(9,10)26(4,5)6/h11-14,21,29H,15-16H2,1-10H3/b12-11+/t21-/m1/s1. The normalized spacial score (nSPS) is 13.5. The predicted octanol–water partition coefficient (Wildman–Crippen LogP) is 4.48. The predicted molar refractivity (Wildman–Crippen MR) is 136 cm³/mol. The summed E-state index contributed by atoms with van der Waals surface area (Å²) in [6.45, 7) is 15.2. The van der Waals surface area contributed by atoms with E-state index in [0.717, 1.165) is 12.2 Å². The van der Waals surface area contributed by atoms with Crippen molar-refractivity contribution in [1.82, 2.24) is 0 Å². The number of carbonyl (C=O) groups is 3. The number of hydrogen-bond acceptors (Lipinski definition) is 8. The molecule has 0 aliphatic heterocycles. The van der Waals surface area contributed by atoms with Gasteiger partial charge in [0, 0.05) is 6.07 Å². The maximum absolute atomic E-state index is 13.1. The number of hydrogen-bond donors (Lipinski definition) is 1. The molecule has 1 rings (SSSR count). The van der Waals surface area contributed by atoms with Crippen molar-refractivity contribution >= 4 is 25.9 Å². The number of carbonyl (C=O) groups excluding carboxylic acids is 3. The molecule has 0 amide bonds. The Morgan fingerprint density at radius 3 is 2.09 bits per heavy atom. The molecule has 8 nitrogen and oxygen atoms in total. The summed E-state index contributed by atoms with van der Waals surface area (Å²) in [5.74, 6) is -1.01. The minimum atomic E-state index is -2.12. The third kappa shape index (κ3) is 8.59. The van der Waals surface area contributed by atoms with Crippen molar-refractivity contribution in [3.8, 4) is 11.5 Å². The van der Waals surface area contributed by atoms with Gasteiger partial charge < -0.3 is 23.7 Å². The van der Waals surface area contributed by atoms with E-state index in [-0.39, 0.29) is 23.0 Å². The van der Waals surface area contributed by atoms with Crippen LogP contribution in [-0.2, 0) is 25.4 Å². The second kappa shape index (κ2) is 12.0. The van der Waals surface area contributed by atoms with E-state index in [2.05, 4.69) is 33.9 Å². The van der Waals surface area contributed by atoms with E-state index in [0.29, 0.717) is 11.3 Å². The Labute approximate surface area is 209 Å². The maximum Gasteiger partial charge on any atom is 0.311 e. The summed E-state index contributed by atoms with van der Waals surface area (Å²) >= 11 is 0. The lowest BCUT2D eigenvalue weighted by atomic mass is 9.97. The van der Waals surface area contributed by atoms with Crippen LogP contribution in [0.15, 0.2) is 24.3 Å². The van der Waals surface area contributed by atoms with E-state index in [1.54, 1.807) is 32.9 Å². The molecule has 0 bridgehead atoms. The number of aliphatic hydroxyl groups excluding tert-OH is 1. The molecule has 0 spiro atoms. The number of rotatable bonds is 11. The zero-order valence-electron chi connectivity index (χ0n) is 22.6. The quantitative estimate of drug-likeness (QED) is 0.202. The summed E-state index contributed by atoms with van der Waals surface area (Å²) in [6.07, 6.45) is 0.460. The van der Waals surface area contributed by atoms with E-state index in [1.165, 1.54) is 14.2 Å². The van der Waals surface area contributed by atoms with Gasteiger partial charge >= 0.3 is 5.97 Å². The molecule has 1 atom stereocenters. The lowest BCUT2D eigenvalue weighted by Gasteiger charge is -2.36. The van der Waals surface area contributed by atoms with Gasteiger partial charge in [-0.2, -0.15) is 0 Å². The molecule has 0 radical (unpaired) electrons. The number of ketones is 2. The van der Waals surface area contributed by atoms with Crippen LogP contribution in [0.3, 0.4) is 0 Å². The molecular formula is C26H40O8Si. The van der Waals surface area contributed by atoms with Crippen molar-refractivity contribution in [2.75, 3.05) is 20.8 Å². The van der Waals surface area contributed by atoms with Gasteiger partial charge in [0.25, 0.3) is 0 Å². The third-order valence-corrected chi connectivity index (χ3v) is 10.4. The maximum atomic E-state index is 13.1. The van der Waals surface area contributed by atoms with Crippen molar-refractivity contribution in [2.24, 2.45) is 5.41 Å². The largest absolute Gasteiger partial charge is 0.497 e. The Morgan fingerprint density at radius 2 is 1.60 bits per heavy atom. The van der Waals surface area contributed by atoms with Gasteiger partial charge in [0.1, 0.15) is 18.1 Å². The first-order chi connectivity index (χ1) is 15.9. The number of aliphatic hydroxyl groups is 1. The van der Waals surface area contributed by atoms with Crippen LogP contribution >= 0.6 is 0 Å². The Morgan fingerprint density at radius 1 is 1.00 bits per heavy atom. The van der Waals surface area contributed by atoms with Gasteiger partial charge in [-0.3, -0.25) is 14.4 Å². The van der Waals surface area contributed by atoms with Crippen molar-refractivity contribution in [3.63, 3.8) is 0 Å². The highest BCUT2D eigenvalue weighted by atomic mass is 28.4. The van der Waals surface area contributed by atoms with Crippen LogP contribution < -0.4 is 9.47 Å². The molecular weight excluding hydrogens is 468 g/mol.